The molecule has 1 amide bonds. The van der Waals surface area contributed by atoms with Crippen molar-refractivity contribution >= 4 is 28.9 Å². The number of aliphatic carboxylic acids is 1. The van der Waals surface area contributed by atoms with Crippen molar-refractivity contribution in [3.63, 3.8) is 0 Å². The van der Waals surface area contributed by atoms with E-state index in [1.165, 1.54) is 17.5 Å². The number of hydrogen-bond donors (Lipinski definition) is 2. The Hall–Kier alpha value is -2.21. The van der Waals surface area contributed by atoms with Gasteiger partial charge in [-0.15, -0.1) is 11.3 Å². The third-order valence-corrected chi connectivity index (χ3v) is 3.03. The molecular weight excluding hydrogens is 252 g/mol. The lowest BCUT2D eigenvalue weighted by molar-refractivity contribution is -0.136. The van der Waals surface area contributed by atoms with Crippen molar-refractivity contribution in [1.29, 1.82) is 0 Å². The second kappa shape index (κ2) is 5.42. The average molecular weight is 262 g/mol. The molecule has 2 aromatic heterocycles. The van der Waals surface area contributed by atoms with Gasteiger partial charge in [-0.25, -0.2) is 0 Å². The normalized spacial score (nSPS) is 10.0. The number of carboxylic acid groups (broad SMARTS) is 1. The van der Waals surface area contributed by atoms with Gasteiger partial charge in [-0.3, -0.25) is 14.6 Å². The zero-order valence-corrected chi connectivity index (χ0v) is 10.1. The van der Waals surface area contributed by atoms with Crippen LogP contribution in [0.5, 0.6) is 0 Å². The predicted octanol–water partition coefficient (Wildman–Crippen LogP) is 2.02. The van der Waals surface area contributed by atoms with E-state index in [2.05, 4.69) is 10.3 Å². The fourth-order valence-corrected chi connectivity index (χ4v) is 1.98. The van der Waals surface area contributed by atoms with Crippen molar-refractivity contribution in [3.05, 3.63) is 46.4 Å². The summed E-state index contributed by atoms with van der Waals surface area (Å²) in [5.74, 6) is -1.13. The molecule has 0 atom stereocenters. The van der Waals surface area contributed by atoms with Gasteiger partial charge in [0.25, 0.3) is 5.91 Å². The molecule has 2 N–H and O–H groups in total. The first-order valence-electron chi connectivity index (χ1n) is 5.17. The van der Waals surface area contributed by atoms with Crippen LogP contribution < -0.4 is 5.32 Å². The summed E-state index contributed by atoms with van der Waals surface area (Å²) in [6, 6.07) is 6.74. The molecule has 0 aromatic carbocycles. The summed E-state index contributed by atoms with van der Waals surface area (Å²) in [5, 5.41) is 13.1. The van der Waals surface area contributed by atoms with Crippen LogP contribution in [-0.4, -0.2) is 22.0 Å². The van der Waals surface area contributed by atoms with Gasteiger partial charge in [0, 0.05) is 0 Å². The van der Waals surface area contributed by atoms with Gasteiger partial charge < -0.3 is 10.4 Å². The molecule has 0 unspecified atom stereocenters. The van der Waals surface area contributed by atoms with Crippen molar-refractivity contribution in [1.82, 2.24) is 4.98 Å². The lowest BCUT2D eigenvalue weighted by Gasteiger charge is -2.03. The summed E-state index contributed by atoms with van der Waals surface area (Å²) in [6.07, 6.45) is 1.32. The minimum atomic E-state index is -0.933. The van der Waals surface area contributed by atoms with Crippen LogP contribution in [0.15, 0.2) is 35.8 Å². The molecule has 0 bridgehead atoms. The van der Waals surface area contributed by atoms with Gasteiger partial charge in [0.05, 0.1) is 28.9 Å². The highest BCUT2D eigenvalue weighted by atomic mass is 32.1. The minimum absolute atomic E-state index is 0.126. The van der Waals surface area contributed by atoms with Crippen LogP contribution in [-0.2, 0) is 11.2 Å². The molecule has 2 rings (SSSR count). The first kappa shape index (κ1) is 12.3. The molecule has 0 saturated carbocycles. The minimum Gasteiger partial charge on any atom is -0.481 e. The van der Waals surface area contributed by atoms with Crippen LogP contribution in [0.4, 0.5) is 5.69 Å². The molecule has 18 heavy (non-hydrogen) atoms. The number of pyridine rings is 1. The predicted molar refractivity (Wildman–Crippen MR) is 67.8 cm³/mol. The van der Waals surface area contributed by atoms with Gasteiger partial charge in [-0.05, 0) is 23.6 Å². The Bertz CT molecular complexity index is 549. The number of carbonyl (C=O) groups is 2. The maximum atomic E-state index is 11.7. The van der Waals surface area contributed by atoms with Crippen LogP contribution in [0.2, 0.25) is 0 Å². The highest BCUT2D eigenvalue weighted by molar-refractivity contribution is 7.12. The first-order chi connectivity index (χ1) is 8.65. The Balaban J connectivity index is 2.02. The first-order valence-corrected chi connectivity index (χ1v) is 6.04. The standard InChI is InChI=1S/C12H10N2O3S/c15-11(16)6-8-3-4-9(7-13-8)14-12(17)10-2-1-5-18-10/h1-5,7H,6H2,(H,14,17)(H,15,16). The molecule has 6 heteroatoms. The quantitative estimate of drug-likeness (QED) is 0.883. The van der Waals surface area contributed by atoms with Crippen LogP contribution in [0.1, 0.15) is 15.4 Å². The van der Waals surface area contributed by atoms with E-state index in [0.717, 1.165) is 0 Å². The zero-order valence-electron chi connectivity index (χ0n) is 9.29. The summed E-state index contributed by atoms with van der Waals surface area (Å²) in [6.45, 7) is 0. The highest BCUT2D eigenvalue weighted by Crippen LogP contribution is 2.12. The van der Waals surface area contributed by atoms with Gasteiger partial charge >= 0.3 is 5.97 Å². The van der Waals surface area contributed by atoms with E-state index < -0.39 is 5.97 Å². The second-order valence-electron chi connectivity index (χ2n) is 3.54. The van der Waals surface area contributed by atoms with Crippen LogP contribution >= 0.6 is 11.3 Å². The fourth-order valence-electron chi connectivity index (χ4n) is 1.36. The summed E-state index contributed by atoms with van der Waals surface area (Å²) in [7, 11) is 0. The molecule has 2 aromatic rings. The fraction of sp³-hybridized carbons (Fsp3) is 0.0833. The van der Waals surface area contributed by atoms with E-state index in [1.54, 1.807) is 24.3 Å². The molecule has 0 radical (unpaired) electrons. The Morgan fingerprint density at radius 2 is 2.17 bits per heavy atom. The molecule has 0 aliphatic carbocycles. The van der Waals surface area contributed by atoms with E-state index >= 15 is 0 Å². The molecule has 0 aliphatic rings. The Morgan fingerprint density at radius 1 is 1.33 bits per heavy atom. The van der Waals surface area contributed by atoms with E-state index in [0.29, 0.717) is 16.3 Å². The number of nitrogens with one attached hydrogen (secondary N) is 1. The molecule has 2 heterocycles. The summed E-state index contributed by atoms with van der Waals surface area (Å²) in [4.78, 5) is 26.8. The van der Waals surface area contributed by atoms with Crippen molar-refractivity contribution in [2.24, 2.45) is 0 Å². The van der Waals surface area contributed by atoms with E-state index in [4.69, 9.17) is 5.11 Å². The van der Waals surface area contributed by atoms with Crippen LogP contribution in [0, 0.1) is 0 Å². The number of anilines is 1. The van der Waals surface area contributed by atoms with E-state index in [1.807, 2.05) is 5.38 Å². The lowest BCUT2D eigenvalue weighted by atomic mass is 10.2. The second-order valence-corrected chi connectivity index (χ2v) is 4.49. The molecule has 0 spiro atoms. The Kier molecular flexibility index (Phi) is 3.69. The number of carboxylic acids is 1. The monoisotopic (exact) mass is 262 g/mol. The number of thiophene rings is 1. The van der Waals surface area contributed by atoms with Gasteiger partial charge in [-0.1, -0.05) is 6.07 Å². The number of rotatable bonds is 4. The maximum Gasteiger partial charge on any atom is 0.309 e. The van der Waals surface area contributed by atoms with Gasteiger partial charge in [0.2, 0.25) is 0 Å². The number of aromatic nitrogens is 1. The van der Waals surface area contributed by atoms with Crippen molar-refractivity contribution in [3.8, 4) is 0 Å². The molecule has 0 fully saturated rings. The topological polar surface area (TPSA) is 79.3 Å². The van der Waals surface area contributed by atoms with Gasteiger partial charge in [0.1, 0.15) is 0 Å². The lowest BCUT2D eigenvalue weighted by Crippen LogP contribution is -2.10. The maximum absolute atomic E-state index is 11.7. The van der Waals surface area contributed by atoms with E-state index in [-0.39, 0.29) is 12.3 Å². The zero-order chi connectivity index (χ0) is 13.0. The number of hydrogen-bond acceptors (Lipinski definition) is 4. The third-order valence-electron chi connectivity index (χ3n) is 2.16. The van der Waals surface area contributed by atoms with Gasteiger partial charge in [-0.2, -0.15) is 0 Å². The molecule has 0 aliphatic heterocycles. The van der Waals surface area contributed by atoms with Crippen molar-refractivity contribution in [2.45, 2.75) is 6.42 Å². The summed E-state index contributed by atoms with van der Waals surface area (Å²) in [5.41, 5.74) is 0.999. The third kappa shape index (κ3) is 3.14. The van der Waals surface area contributed by atoms with Crippen LogP contribution in [0.25, 0.3) is 0 Å². The molecular formula is C12H10N2O3S. The number of carbonyl (C=O) groups excluding carboxylic acids is 1. The smallest absolute Gasteiger partial charge is 0.309 e. The molecule has 0 saturated heterocycles. The van der Waals surface area contributed by atoms with Crippen LogP contribution in [0.3, 0.4) is 0 Å². The highest BCUT2D eigenvalue weighted by Gasteiger charge is 2.07. The summed E-state index contributed by atoms with van der Waals surface area (Å²) >= 11 is 1.35. The number of amides is 1. The molecule has 5 nitrogen and oxygen atoms in total. The van der Waals surface area contributed by atoms with Crippen molar-refractivity contribution in [2.75, 3.05) is 5.32 Å². The summed E-state index contributed by atoms with van der Waals surface area (Å²) < 4.78 is 0. The van der Waals surface area contributed by atoms with Crippen molar-refractivity contribution < 1.29 is 14.7 Å². The Morgan fingerprint density at radius 3 is 2.72 bits per heavy atom. The average Bonchev–Trinajstić information content (AvgIpc) is 2.84. The SMILES string of the molecule is O=C(O)Cc1ccc(NC(=O)c2cccs2)cn1. The molecule has 92 valence electrons. The number of nitrogens with zero attached hydrogens (tertiary/aromatic N) is 1. The van der Waals surface area contributed by atoms with E-state index in [9.17, 15) is 9.59 Å². The largest absolute Gasteiger partial charge is 0.481 e. The van der Waals surface area contributed by atoms with Gasteiger partial charge in [0.15, 0.2) is 0 Å². The Labute approximate surface area is 107 Å².